The highest BCUT2D eigenvalue weighted by Gasteiger charge is 2.34. The smallest absolute Gasteiger partial charge is 0.260 e. The van der Waals surface area contributed by atoms with Crippen LogP contribution < -0.4 is 20.7 Å². The normalized spacial score (nSPS) is 18.9. The standard InChI is InChI=1S/C14H19N3O3/c1-9(7-16-2)14(19)17-8-12(13(15)18)20-11-6-4-3-5-10(11)17/h3-6,9,12,16H,7-8H2,1-2H3,(H2,15,18). The number of nitrogens with two attached hydrogens (primary N) is 1. The van der Waals surface area contributed by atoms with Crippen LogP contribution in [0.15, 0.2) is 24.3 Å². The molecule has 3 N–H and O–H groups in total. The van der Waals surface area contributed by atoms with Crippen LogP contribution in [0.4, 0.5) is 5.69 Å². The second-order valence-corrected chi connectivity index (χ2v) is 4.88. The number of fused-ring (bicyclic) bond motifs is 1. The number of ether oxygens (including phenoxy) is 1. The Balaban J connectivity index is 2.31. The second-order valence-electron chi connectivity index (χ2n) is 4.88. The van der Waals surface area contributed by atoms with Crippen molar-refractivity contribution in [1.82, 2.24) is 5.32 Å². The lowest BCUT2D eigenvalue weighted by atomic mass is 10.1. The highest BCUT2D eigenvalue weighted by atomic mass is 16.5. The summed E-state index contributed by atoms with van der Waals surface area (Å²) in [5.41, 5.74) is 5.99. The van der Waals surface area contributed by atoms with E-state index in [4.69, 9.17) is 10.5 Å². The summed E-state index contributed by atoms with van der Waals surface area (Å²) < 4.78 is 5.53. The molecular formula is C14H19N3O3. The quantitative estimate of drug-likeness (QED) is 0.818. The molecule has 1 aromatic rings. The average Bonchev–Trinajstić information content (AvgIpc) is 2.45. The van der Waals surface area contributed by atoms with E-state index in [2.05, 4.69) is 5.32 Å². The lowest BCUT2D eigenvalue weighted by Crippen LogP contribution is -2.51. The zero-order chi connectivity index (χ0) is 14.7. The van der Waals surface area contributed by atoms with Crippen molar-refractivity contribution in [3.05, 3.63) is 24.3 Å². The molecule has 20 heavy (non-hydrogen) atoms. The fraction of sp³-hybridized carbons (Fsp3) is 0.429. The molecule has 0 aromatic heterocycles. The Labute approximate surface area is 117 Å². The molecule has 0 saturated carbocycles. The van der Waals surface area contributed by atoms with Crippen LogP contribution in [0.3, 0.4) is 0 Å². The van der Waals surface area contributed by atoms with Gasteiger partial charge in [-0.1, -0.05) is 19.1 Å². The Kier molecular flexibility index (Phi) is 4.24. The van der Waals surface area contributed by atoms with E-state index in [1.54, 1.807) is 30.1 Å². The molecule has 6 heteroatoms. The van der Waals surface area contributed by atoms with E-state index in [0.29, 0.717) is 18.0 Å². The van der Waals surface area contributed by atoms with E-state index < -0.39 is 12.0 Å². The summed E-state index contributed by atoms with van der Waals surface area (Å²) in [4.78, 5) is 25.5. The molecule has 1 aliphatic heterocycles. The highest BCUT2D eigenvalue weighted by molar-refractivity contribution is 5.98. The molecular weight excluding hydrogens is 258 g/mol. The third kappa shape index (κ3) is 2.75. The van der Waals surface area contributed by atoms with Crippen molar-refractivity contribution in [2.24, 2.45) is 11.7 Å². The lowest BCUT2D eigenvalue weighted by Gasteiger charge is -2.34. The third-order valence-electron chi connectivity index (χ3n) is 3.29. The monoisotopic (exact) mass is 277 g/mol. The molecule has 1 aliphatic rings. The predicted octanol–water partition coefficient (Wildman–Crippen LogP) is 0.121. The summed E-state index contributed by atoms with van der Waals surface area (Å²) >= 11 is 0. The SMILES string of the molecule is CNCC(C)C(=O)N1CC(C(N)=O)Oc2ccccc21. The molecule has 0 fully saturated rings. The van der Waals surface area contributed by atoms with Gasteiger partial charge in [0.05, 0.1) is 12.2 Å². The van der Waals surface area contributed by atoms with Crippen molar-refractivity contribution >= 4 is 17.5 Å². The first-order valence-corrected chi connectivity index (χ1v) is 6.55. The van der Waals surface area contributed by atoms with Crippen LogP contribution in [0, 0.1) is 5.92 Å². The van der Waals surface area contributed by atoms with Gasteiger partial charge in [-0.3, -0.25) is 9.59 Å². The third-order valence-corrected chi connectivity index (χ3v) is 3.29. The van der Waals surface area contributed by atoms with Crippen molar-refractivity contribution in [2.75, 3.05) is 25.0 Å². The van der Waals surface area contributed by atoms with Gasteiger partial charge in [-0.2, -0.15) is 0 Å². The second kappa shape index (κ2) is 5.92. The van der Waals surface area contributed by atoms with E-state index in [1.165, 1.54) is 0 Å². The Morgan fingerprint density at radius 1 is 1.50 bits per heavy atom. The summed E-state index contributed by atoms with van der Waals surface area (Å²) in [7, 11) is 1.79. The molecule has 2 atom stereocenters. The van der Waals surface area contributed by atoms with Gasteiger partial charge in [0.15, 0.2) is 6.10 Å². The maximum atomic E-state index is 12.5. The molecule has 6 nitrogen and oxygen atoms in total. The van der Waals surface area contributed by atoms with Crippen molar-refractivity contribution in [3.8, 4) is 5.75 Å². The largest absolute Gasteiger partial charge is 0.477 e. The van der Waals surface area contributed by atoms with Gasteiger partial charge in [-0.05, 0) is 19.2 Å². The van der Waals surface area contributed by atoms with E-state index >= 15 is 0 Å². The number of amides is 2. The van der Waals surface area contributed by atoms with Crippen LogP contribution in [0.1, 0.15) is 6.92 Å². The minimum Gasteiger partial charge on any atom is -0.477 e. The summed E-state index contributed by atoms with van der Waals surface area (Å²) in [6.45, 7) is 2.56. The molecule has 0 bridgehead atoms. The summed E-state index contributed by atoms with van der Waals surface area (Å²) in [6, 6.07) is 7.15. The molecule has 108 valence electrons. The topological polar surface area (TPSA) is 84.7 Å². The molecule has 0 spiro atoms. The number of rotatable bonds is 4. The number of primary amides is 1. The predicted molar refractivity (Wildman–Crippen MR) is 75.5 cm³/mol. The summed E-state index contributed by atoms with van der Waals surface area (Å²) in [6.07, 6.45) is -0.810. The maximum absolute atomic E-state index is 12.5. The number of carbonyl (C=O) groups is 2. The number of para-hydroxylation sites is 2. The van der Waals surface area contributed by atoms with Crippen LogP contribution in [0.2, 0.25) is 0 Å². The number of hydrogen-bond acceptors (Lipinski definition) is 4. The van der Waals surface area contributed by atoms with E-state index in [9.17, 15) is 9.59 Å². The number of hydrogen-bond donors (Lipinski definition) is 2. The molecule has 2 unspecified atom stereocenters. The van der Waals surface area contributed by atoms with Gasteiger partial charge in [0.25, 0.3) is 5.91 Å². The van der Waals surface area contributed by atoms with Crippen molar-refractivity contribution in [3.63, 3.8) is 0 Å². The molecule has 1 heterocycles. The minimum atomic E-state index is -0.810. The van der Waals surface area contributed by atoms with Gasteiger partial charge in [0.2, 0.25) is 5.91 Å². The fourth-order valence-corrected chi connectivity index (χ4v) is 2.25. The number of nitrogens with zero attached hydrogens (tertiary/aromatic N) is 1. The molecule has 2 rings (SSSR count). The molecule has 0 radical (unpaired) electrons. The number of nitrogens with one attached hydrogen (secondary N) is 1. The van der Waals surface area contributed by atoms with Gasteiger partial charge in [-0.25, -0.2) is 0 Å². The minimum absolute atomic E-state index is 0.0543. The van der Waals surface area contributed by atoms with Crippen LogP contribution in [0.5, 0.6) is 5.75 Å². The summed E-state index contributed by atoms with van der Waals surface area (Å²) in [5, 5.41) is 2.98. The van der Waals surface area contributed by atoms with Gasteiger partial charge in [-0.15, -0.1) is 0 Å². The molecule has 1 aromatic carbocycles. The average molecular weight is 277 g/mol. The number of benzene rings is 1. The Bertz CT molecular complexity index is 518. The molecule has 0 aliphatic carbocycles. The van der Waals surface area contributed by atoms with E-state index in [0.717, 1.165) is 0 Å². The number of anilines is 1. The Morgan fingerprint density at radius 3 is 2.85 bits per heavy atom. The zero-order valence-electron chi connectivity index (χ0n) is 11.6. The first kappa shape index (κ1) is 14.3. The van der Waals surface area contributed by atoms with Crippen LogP contribution in [0.25, 0.3) is 0 Å². The Morgan fingerprint density at radius 2 is 2.20 bits per heavy atom. The van der Waals surface area contributed by atoms with Gasteiger partial charge in [0.1, 0.15) is 5.75 Å². The van der Waals surface area contributed by atoms with E-state index in [-0.39, 0.29) is 18.4 Å². The van der Waals surface area contributed by atoms with Gasteiger partial charge >= 0.3 is 0 Å². The van der Waals surface area contributed by atoms with Crippen molar-refractivity contribution < 1.29 is 14.3 Å². The van der Waals surface area contributed by atoms with Crippen LogP contribution in [-0.2, 0) is 9.59 Å². The maximum Gasteiger partial charge on any atom is 0.260 e. The van der Waals surface area contributed by atoms with Crippen molar-refractivity contribution in [2.45, 2.75) is 13.0 Å². The summed E-state index contributed by atoms with van der Waals surface area (Å²) in [5.74, 6) is -0.313. The van der Waals surface area contributed by atoms with E-state index in [1.807, 2.05) is 13.0 Å². The Hall–Kier alpha value is -2.08. The lowest BCUT2D eigenvalue weighted by molar-refractivity contribution is -0.126. The van der Waals surface area contributed by atoms with Crippen molar-refractivity contribution in [1.29, 1.82) is 0 Å². The number of carbonyl (C=O) groups excluding carboxylic acids is 2. The first-order chi connectivity index (χ1) is 9.54. The van der Waals surface area contributed by atoms with Crippen LogP contribution in [-0.4, -0.2) is 38.1 Å². The van der Waals surface area contributed by atoms with Gasteiger partial charge < -0.3 is 20.7 Å². The first-order valence-electron chi connectivity index (χ1n) is 6.55. The van der Waals surface area contributed by atoms with Crippen LogP contribution >= 0.6 is 0 Å². The molecule has 0 saturated heterocycles. The highest BCUT2D eigenvalue weighted by Crippen LogP contribution is 2.33. The zero-order valence-corrected chi connectivity index (χ0v) is 11.6. The fourth-order valence-electron chi connectivity index (χ4n) is 2.25. The van der Waals surface area contributed by atoms with Gasteiger partial charge in [0, 0.05) is 12.5 Å². The molecule has 2 amide bonds.